The third-order valence-electron chi connectivity index (χ3n) is 3.80. The summed E-state index contributed by atoms with van der Waals surface area (Å²) in [7, 11) is 0. The molecular formula is C18H16N4OS. The Balaban J connectivity index is 1.53. The number of rotatable bonds is 5. The third-order valence-corrected chi connectivity index (χ3v) is 4.81. The van der Waals surface area contributed by atoms with Crippen LogP contribution >= 0.6 is 11.3 Å². The van der Waals surface area contributed by atoms with Crippen LogP contribution in [0.25, 0.3) is 10.7 Å². The highest BCUT2D eigenvalue weighted by atomic mass is 32.1. The van der Waals surface area contributed by atoms with Gasteiger partial charge in [0.15, 0.2) is 11.6 Å². The molecule has 0 radical (unpaired) electrons. The molecule has 6 heteroatoms. The van der Waals surface area contributed by atoms with Crippen molar-refractivity contribution in [1.82, 2.24) is 19.7 Å². The summed E-state index contributed by atoms with van der Waals surface area (Å²) in [6.07, 6.45) is 4.40. The lowest BCUT2D eigenvalue weighted by atomic mass is 10.1. The molecule has 0 aliphatic rings. The Kier molecular flexibility index (Phi) is 3.96. The first-order valence-electron chi connectivity index (χ1n) is 7.70. The molecule has 0 fully saturated rings. The molecule has 24 heavy (non-hydrogen) atoms. The van der Waals surface area contributed by atoms with Crippen LogP contribution in [0.1, 0.15) is 22.8 Å². The second-order valence-corrected chi connectivity index (χ2v) is 6.49. The number of hydrogen-bond acceptors (Lipinski definition) is 5. The van der Waals surface area contributed by atoms with Gasteiger partial charge in [-0.15, -0.1) is 11.3 Å². The molecule has 0 saturated carbocycles. The second kappa shape index (κ2) is 6.41. The van der Waals surface area contributed by atoms with E-state index in [2.05, 4.69) is 50.2 Å². The average Bonchev–Trinajstić information content (AvgIpc) is 3.31. The minimum absolute atomic E-state index is 0.547. The smallest absolute Gasteiger partial charge is 0.231 e. The van der Waals surface area contributed by atoms with Gasteiger partial charge in [0, 0.05) is 12.4 Å². The van der Waals surface area contributed by atoms with Crippen LogP contribution in [-0.4, -0.2) is 19.7 Å². The van der Waals surface area contributed by atoms with Crippen molar-refractivity contribution in [2.45, 2.75) is 19.9 Å². The summed E-state index contributed by atoms with van der Waals surface area (Å²) in [6, 6.07) is 12.2. The minimum atomic E-state index is 0.547. The lowest BCUT2D eigenvalue weighted by Gasteiger charge is -2.04. The van der Waals surface area contributed by atoms with Crippen molar-refractivity contribution < 1.29 is 4.52 Å². The van der Waals surface area contributed by atoms with Gasteiger partial charge in [0.1, 0.15) is 0 Å². The average molecular weight is 336 g/mol. The zero-order valence-electron chi connectivity index (χ0n) is 13.2. The fourth-order valence-corrected chi connectivity index (χ4v) is 3.53. The third kappa shape index (κ3) is 3.00. The Morgan fingerprint density at radius 2 is 2.04 bits per heavy atom. The molecule has 0 amide bonds. The Hall–Kier alpha value is -2.73. The Labute approximate surface area is 143 Å². The lowest BCUT2D eigenvalue weighted by molar-refractivity contribution is 0.378. The lowest BCUT2D eigenvalue weighted by Crippen LogP contribution is -2.02. The molecule has 0 spiro atoms. The first-order chi connectivity index (χ1) is 11.8. The van der Waals surface area contributed by atoms with Crippen molar-refractivity contribution in [3.05, 3.63) is 77.0 Å². The normalized spacial score (nSPS) is 11.0. The number of benzene rings is 1. The molecule has 0 bridgehead atoms. The molecule has 0 saturated heterocycles. The van der Waals surface area contributed by atoms with Crippen LogP contribution in [0.15, 0.2) is 58.7 Å². The topological polar surface area (TPSA) is 56.7 Å². The van der Waals surface area contributed by atoms with Crippen molar-refractivity contribution in [1.29, 1.82) is 0 Å². The van der Waals surface area contributed by atoms with Gasteiger partial charge in [-0.1, -0.05) is 35.5 Å². The van der Waals surface area contributed by atoms with Gasteiger partial charge in [-0.2, -0.15) is 4.98 Å². The van der Waals surface area contributed by atoms with E-state index in [0.717, 1.165) is 11.4 Å². The molecule has 0 aliphatic carbocycles. The maximum atomic E-state index is 5.38. The summed E-state index contributed by atoms with van der Waals surface area (Å²) in [5.41, 5.74) is 2.38. The van der Waals surface area contributed by atoms with E-state index in [1.165, 1.54) is 10.4 Å². The second-order valence-electron chi connectivity index (χ2n) is 5.58. The first kappa shape index (κ1) is 14.8. The molecule has 120 valence electrons. The molecule has 3 aromatic heterocycles. The molecular weight excluding hydrogens is 320 g/mol. The predicted molar refractivity (Wildman–Crippen MR) is 92.9 cm³/mol. The standard InChI is InChI=1S/C18H16N4OS/c1-13-7-10-24-17(13)18-19-8-9-22(18)12-15-20-16(23-21-15)11-14-5-3-2-4-6-14/h2-10H,11-12H2,1H3. The number of thiophene rings is 1. The Morgan fingerprint density at radius 1 is 1.17 bits per heavy atom. The van der Waals surface area contributed by atoms with Crippen molar-refractivity contribution in [3.8, 4) is 10.7 Å². The molecule has 5 nitrogen and oxygen atoms in total. The summed E-state index contributed by atoms with van der Waals surface area (Å²) in [6.45, 7) is 2.64. The van der Waals surface area contributed by atoms with Crippen molar-refractivity contribution in [2.24, 2.45) is 0 Å². The van der Waals surface area contributed by atoms with E-state index in [1.54, 1.807) is 17.5 Å². The van der Waals surface area contributed by atoms with E-state index >= 15 is 0 Å². The van der Waals surface area contributed by atoms with Gasteiger partial charge < -0.3 is 9.09 Å². The monoisotopic (exact) mass is 336 g/mol. The van der Waals surface area contributed by atoms with Crippen LogP contribution in [0.5, 0.6) is 0 Å². The van der Waals surface area contributed by atoms with Gasteiger partial charge in [-0.25, -0.2) is 4.98 Å². The van der Waals surface area contributed by atoms with Crippen LogP contribution < -0.4 is 0 Å². The van der Waals surface area contributed by atoms with E-state index in [0.29, 0.717) is 24.7 Å². The fraction of sp³-hybridized carbons (Fsp3) is 0.167. The van der Waals surface area contributed by atoms with Crippen molar-refractivity contribution in [2.75, 3.05) is 0 Å². The summed E-state index contributed by atoms with van der Waals surface area (Å²) in [5.74, 6) is 2.23. The highest BCUT2D eigenvalue weighted by Crippen LogP contribution is 2.27. The van der Waals surface area contributed by atoms with Gasteiger partial charge in [0.05, 0.1) is 17.8 Å². The first-order valence-corrected chi connectivity index (χ1v) is 8.58. The molecule has 4 rings (SSSR count). The summed E-state index contributed by atoms with van der Waals surface area (Å²) < 4.78 is 7.43. The summed E-state index contributed by atoms with van der Waals surface area (Å²) in [4.78, 5) is 10.2. The number of hydrogen-bond donors (Lipinski definition) is 0. The van der Waals surface area contributed by atoms with Gasteiger partial charge >= 0.3 is 0 Å². The highest BCUT2D eigenvalue weighted by Gasteiger charge is 2.13. The Bertz CT molecular complexity index is 939. The van der Waals surface area contributed by atoms with Crippen molar-refractivity contribution in [3.63, 3.8) is 0 Å². The Morgan fingerprint density at radius 3 is 2.83 bits per heavy atom. The number of imidazole rings is 1. The van der Waals surface area contributed by atoms with E-state index in [1.807, 2.05) is 24.4 Å². The van der Waals surface area contributed by atoms with E-state index in [9.17, 15) is 0 Å². The number of aromatic nitrogens is 4. The molecule has 0 atom stereocenters. The van der Waals surface area contributed by atoms with Crippen LogP contribution in [0.3, 0.4) is 0 Å². The van der Waals surface area contributed by atoms with Gasteiger partial charge in [-0.05, 0) is 29.5 Å². The largest absolute Gasteiger partial charge is 0.339 e. The van der Waals surface area contributed by atoms with Crippen LogP contribution in [0, 0.1) is 6.92 Å². The summed E-state index contributed by atoms with van der Waals surface area (Å²) >= 11 is 1.69. The van der Waals surface area contributed by atoms with Crippen LogP contribution in [-0.2, 0) is 13.0 Å². The van der Waals surface area contributed by atoms with E-state index in [4.69, 9.17) is 4.52 Å². The number of nitrogens with zero attached hydrogens (tertiary/aromatic N) is 4. The van der Waals surface area contributed by atoms with E-state index in [-0.39, 0.29) is 0 Å². The van der Waals surface area contributed by atoms with Gasteiger partial charge in [-0.3, -0.25) is 0 Å². The quantitative estimate of drug-likeness (QED) is 0.554. The maximum absolute atomic E-state index is 5.38. The molecule has 3 heterocycles. The zero-order chi connectivity index (χ0) is 16.4. The summed E-state index contributed by atoms with van der Waals surface area (Å²) in [5, 5.41) is 6.18. The highest BCUT2D eigenvalue weighted by molar-refractivity contribution is 7.13. The molecule has 0 unspecified atom stereocenters. The zero-order valence-corrected chi connectivity index (χ0v) is 14.0. The molecule has 0 aliphatic heterocycles. The number of aryl methyl sites for hydroxylation is 1. The predicted octanol–water partition coefficient (Wildman–Crippen LogP) is 3.94. The fourth-order valence-electron chi connectivity index (χ4n) is 2.60. The molecule has 1 aromatic carbocycles. The molecule has 4 aromatic rings. The van der Waals surface area contributed by atoms with Crippen LogP contribution in [0.4, 0.5) is 0 Å². The maximum Gasteiger partial charge on any atom is 0.231 e. The molecule has 0 N–H and O–H groups in total. The van der Waals surface area contributed by atoms with E-state index < -0.39 is 0 Å². The van der Waals surface area contributed by atoms with Crippen molar-refractivity contribution >= 4 is 11.3 Å². The van der Waals surface area contributed by atoms with Gasteiger partial charge in [0.25, 0.3) is 0 Å². The minimum Gasteiger partial charge on any atom is -0.339 e. The van der Waals surface area contributed by atoms with Gasteiger partial charge in [0.2, 0.25) is 5.89 Å². The SMILES string of the molecule is Cc1ccsc1-c1nccn1Cc1noc(Cc2ccccc2)n1. The van der Waals surface area contributed by atoms with Crippen LogP contribution in [0.2, 0.25) is 0 Å².